The molecule has 0 spiro atoms. The number of aliphatic hydroxyl groups is 1. The monoisotopic (exact) mass is 261 g/mol. The van der Waals surface area contributed by atoms with Gasteiger partial charge in [-0.3, -0.25) is 0 Å². The Labute approximate surface area is 101 Å². The first-order valence-corrected chi connectivity index (χ1v) is 6.86. The van der Waals surface area contributed by atoms with E-state index in [-0.39, 0.29) is 17.5 Å². The van der Waals surface area contributed by atoms with Crippen molar-refractivity contribution in [2.75, 3.05) is 6.61 Å². The van der Waals surface area contributed by atoms with E-state index < -0.39 is 15.8 Å². The molecule has 0 saturated carbocycles. The second-order valence-corrected chi connectivity index (χ2v) is 5.41. The molecule has 0 aliphatic rings. The molecule has 4 nitrogen and oxygen atoms in total. The highest BCUT2D eigenvalue weighted by Gasteiger charge is 2.18. The van der Waals surface area contributed by atoms with Crippen molar-refractivity contribution in [3.63, 3.8) is 0 Å². The summed E-state index contributed by atoms with van der Waals surface area (Å²) in [6.45, 7) is 1.75. The number of aliphatic hydroxyl groups excluding tert-OH is 1. The van der Waals surface area contributed by atoms with Crippen LogP contribution in [0.4, 0.5) is 4.39 Å². The van der Waals surface area contributed by atoms with Crippen LogP contribution in [-0.2, 0) is 10.0 Å². The lowest BCUT2D eigenvalue weighted by Gasteiger charge is -2.15. The maximum Gasteiger partial charge on any atom is 0.240 e. The Balaban J connectivity index is 2.84. The van der Waals surface area contributed by atoms with E-state index >= 15 is 0 Å². The zero-order valence-electron chi connectivity index (χ0n) is 9.56. The van der Waals surface area contributed by atoms with E-state index in [9.17, 15) is 12.8 Å². The predicted molar refractivity (Wildman–Crippen MR) is 62.5 cm³/mol. The van der Waals surface area contributed by atoms with Crippen LogP contribution >= 0.6 is 0 Å². The molecule has 1 aromatic rings. The highest BCUT2D eigenvalue weighted by molar-refractivity contribution is 7.89. The third-order valence-electron chi connectivity index (χ3n) is 2.42. The van der Waals surface area contributed by atoms with E-state index in [1.54, 1.807) is 0 Å². The molecule has 1 aromatic carbocycles. The van der Waals surface area contributed by atoms with E-state index in [1.165, 1.54) is 12.1 Å². The lowest BCUT2D eigenvalue weighted by Crippen LogP contribution is -2.35. The Morgan fingerprint density at radius 3 is 2.41 bits per heavy atom. The first-order chi connectivity index (χ1) is 7.99. The molecule has 0 aromatic heterocycles. The molecule has 0 bridgehead atoms. The van der Waals surface area contributed by atoms with Crippen molar-refractivity contribution in [3.8, 4) is 0 Å². The Hall–Kier alpha value is -0.980. The summed E-state index contributed by atoms with van der Waals surface area (Å²) in [6.07, 6.45) is 0.942. The topological polar surface area (TPSA) is 66.4 Å². The highest BCUT2D eigenvalue weighted by Crippen LogP contribution is 2.11. The number of hydrogen-bond donors (Lipinski definition) is 2. The molecule has 1 rings (SSSR count). The summed E-state index contributed by atoms with van der Waals surface area (Å²) in [6, 6.07) is 4.31. The van der Waals surface area contributed by atoms with E-state index in [1.807, 2.05) is 6.92 Å². The van der Waals surface area contributed by atoms with E-state index in [0.29, 0.717) is 12.8 Å². The molecule has 0 saturated heterocycles. The molecule has 1 unspecified atom stereocenters. The molecule has 0 radical (unpaired) electrons. The first-order valence-electron chi connectivity index (χ1n) is 5.38. The SMILES string of the molecule is CCC(CCO)NS(=O)(=O)c1ccc(F)cc1. The van der Waals surface area contributed by atoms with Gasteiger partial charge in [-0.05, 0) is 37.1 Å². The van der Waals surface area contributed by atoms with Gasteiger partial charge in [0.1, 0.15) is 5.82 Å². The number of nitrogens with one attached hydrogen (secondary N) is 1. The van der Waals surface area contributed by atoms with Crippen LogP contribution in [0.15, 0.2) is 29.2 Å². The van der Waals surface area contributed by atoms with Crippen molar-refractivity contribution in [1.29, 1.82) is 0 Å². The highest BCUT2D eigenvalue weighted by atomic mass is 32.2. The van der Waals surface area contributed by atoms with Gasteiger partial charge in [0.15, 0.2) is 0 Å². The van der Waals surface area contributed by atoms with Gasteiger partial charge in [0.25, 0.3) is 0 Å². The molecule has 6 heteroatoms. The smallest absolute Gasteiger partial charge is 0.240 e. The molecule has 17 heavy (non-hydrogen) atoms. The third kappa shape index (κ3) is 4.07. The summed E-state index contributed by atoms with van der Waals surface area (Å²) in [5.74, 6) is -0.480. The fraction of sp³-hybridized carbons (Fsp3) is 0.455. The molecule has 1 atom stereocenters. The van der Waals surface area contributed by atoms with Crippen LogP contribution in [0, 0.1) is 5.82 Å². The van der Waals surface area contributed by atoms with Crippen LogP contribution in [0.3, 0.4) is 0 Å². The lowest BCUT2D eigenvalue weighted by molar-refractivity contribution is 0.270. The number of halogens is 1. The minimum Gasteiger partial charge on any atom is -0.396 e. The van der Waals surface area contributed by atoms with Crippen molar-refractivity contribution in [1.82, 2.24) is 4.72 Å². The van der Waals surface area contributed by atoms with Gasteiger partial charge in [-0.25, -0.2) is 17.5 Å². The molecular formula is C11H16FNO3S. The Morgan fingerprint density at radius 2 is 1.94 bits per heavy atom. The van der Waals surface area contributed by atoms with Crippen molar-refractivity contribution in [3.05, 3.63) is 30.1 Å². The molecule has 0 aliphatic heterocycles. The van der Waals surface area contributed by atoms with E-state index in [4.69, 9.17) is 5.11 Å². The fourth-order valence-corrected chi connectivity index (χ4v) is 2.76. The van der Waals surface area contributed by atoms with Crippen molar-refractivity contribution < 1.29 is 17.9 Å². The largest absolute Gasteiger partial charge is 0.396 e. The van der Waals surface area contributed by atoms with Crippen molar-refractivity contribution in [2.24, 2.45) is 0 Å². The average Bonchev–Trinajstić information content (AvgIpc) is 2.28. The molecule has 0 fully saturated rings. The molecule has 96 valence electrons. The van der Waals surface area contributed by atoms with Crippen LogP contribution in [0.25, 0.3) is 0 Å². The number of hydrogen-bond acceptors (Lipinski definition) is 3. The molecule has 0 aliphatic carbocycles. The van der Waals surface area contributed by atoms with Gasteiger partial charge in [0, 0.05) is 12.6 Å². The molecular weight excluding hydrogens is 245 g/mol. The van der Waals surface area contributed by atoms with E-state index in [0.717, 1.165) is 12.1 Å². The summed E-state index contributed by atoms with van der Waals surface area (Å²) in [5, 5.41) is 8.79. The van der Waals surface area contributed by atoms with Crippen LogP contribution < -0.4 is 4.72 Å². The van der Waals surface area contributed by atoms with Gasteiger partial charge in [-0.1, -0.05) is 6.92 Å². The Bertz CT molecular complexity index is 444. The zero-order chi connectivity index (χ0) is 12.9. The molecule has 0 amide bonds. The minimum atomic E-state index is -3.64. The normalized spacial score (nSPS) is 13.6. The lowest BCUT2D eigenvalue weighted by atomic mass is 10.2. The second kappa shape index (κ2) is 6.09. The van der Waals surface area contributed by atoms with Gasteiger partial charge in [-0.2, -0.15) is 0 Å². The maximum absolute atomic E-state index is 12.7. The van der Waals surface area contributed by atoms with Crippen LogP contribution in [0.1, 0.15) is 19.8 Å². The van der Waals surface area contributed by atoms with E-state index in [2.05, 4.69) is 4.72 Å². The summed E-state index contributed by atoms with van der Waals surface area (Å²) in [5.41, 5.74) is 0. The quantitative estimate of drug-likeness (QED) is 0.810. The second-order valence-electron chi connectivity index (χ2n) is 3.69. The average molecular weight is 261 g/mol. The van der Waals surface area contributed by atoms with Crippen LogP contribution in [0.5, 0.6) is 0 Å². The Kier molecular flexibility index (Phi) is 5.04. The van der Waals surface area contributed by atoms with Gasteiger partial charge in [0.05, 0.1) is 4.90 Å². The minimum absolute atomic E-state index is 0.0234. The zero-order valence-corrected chi connectivity index (χ0v) is 10.4. The van der Waals surface area contributed by atoms with Gasteiger partial charge >= 0.3 is 0 Å². The van der Waals surface area contributed by atoms with Gasteiger partial charge in [-0.15, -0.1) is 0 Å². The predicted octanol–water partition coefficient (Wildman–Crippen LogP) is 1.26. The number of benzene rings is 1. The van der Waals surface area contributed by atoms with Crippen molar-refractivity contribution in [2.45, 2.75) is 30.7 Å². The van der Waals surface area contributed by atoms with Crippen LogP contribution in [0.2, 0.25) is 0 Å². The first kappa shape index (κ1) is 14.1. The third-order valence-corrected chi connectivity index (χ3v) is 3.95. The van der Waals surface area contributed by atoms with Gasteiger partial charge in [0.2, 0.25) is 10.0 Å². The number of rotatable bonds is 6. The Morgan fingerprint density at radius 1 is 1.35 bits per heavy atom. The summed E-state index contributed by atoms with van der Waals surface area (Å²) in [4.78, 5) is 0.0234. The van der Waals surface area contributed by atoms with Crippen molar-refractivity contribution >= 4 is 10.0 Å². The summed E-state index contributed by atoms with van der Waals surface area (Å²) < 4.78 is 38.9. The number of sulfonamides is 1. The van der Waals surface area contributed by atoms with Gasteiger partial charge < -0.3 is 5.11 Å². The van der Waals surface area contributed by atoms with Crippen LogP contribution in [-0.4, -0.2) is 26.2 Å². The summed E-state index contributed by atoms with van der Waals surface area (Å²) >= 11 is 0. The molecule has 0 heterocycles. The summed E-state index contributed by atoms with van der Waals surface area (Å²) in [7, 11) is -3.64. The standard InChI is InChI=1S/C11H16FNO3S/c1-2-10(7-8-14)13-17(15,16)11-5-3-9(12)4-6-11/h3-6,10,13-14H,2,7-8H2,1H3. The fourth-order valence-electron chi connectivity index (χ4n) is 1.40. The molecule has 2 N–H and O–H groups in total. The maximum atomic E-state index is 12.7.